The number of benzene rings is 1. The van der Waals surface area contributed by atoms with Crippen molar-refractivity contribution in [3.05, 3.63) is 29.6 Å². The molecule has 0 spiro atoms. The fourth-order valence-electron chi connectivity index (χ4n) is 1.64. The minimum atomic E-state index is -0.844. The first kappa shape index (κ1) is 15.4. The molecule has 0 aliphatic carbocycles. The molecule has 1 aromatic rings. The second-order valence-electron chi connectivity index (χ2n) is 5.07. The first-order chi connectivity index (χ1) is 8.86. The van der Waals surface area contributed by atoms with E-state index in [9.17, 15) is 9.18 Å². The number of nitrogens with one attached hydrogen (secondary N) is 1. The van der Waals surface area contributed by atoms with E-state index in [0.717, 1.165) is 5.56 Å². The summed E-state index contributed by atoms with van der Waals surface area (Å²) < 4.78 is 18.3. The van der Waals surface area contributed by atoms with Crippen LogP contribution >= 0.6 is 0 Å². The van der Waals surface area contributed by atoms with Crippen LogP contribution in [-0.4, -0.2) is 31.3 Å². The summed E-state index contributed by atoms with van der Waals surface area (Å²) in [5.74, 6) is -0.509. The fraction of sp³-hybridized carbons (Fsp3) is 0.500. The number of halogens is 1. The Morgan fingerprint density at radius 3 is 2.74 bits per heavy atom. The van der Waals surface area contributed by atoms with Gasteiger partial charge in [0.25, 0.3) is 0 Å². The number of carboxylic acids is 1. The number of ether oxygens (including phenoxy) is 1. The van der Waals surface area contributed by atoms with Crippen molar-refractivity contribution in [2.75, 3.05) is 20.2 Å². The summed E-state index contributed by atoms with van der Waals surface area (Å²) in [5, 5.41) is 12.0. The number of carbonyl (C=O) groups is 1. The van der Waals surface area contributed by atoms with Gasteiger partial charge >= 0.3 is 5.97 Å². The summed E-state index contributed by atoms with van der Waals surface area (Å²) in [6.45, 7) is 4.24. The van der Waals surface area contributed by atoms with Crippen molar-refractivity contribution >= 4 is 5.97 Å². The summed E-state index contributed by atoms with van der Waals surface area (Å²) in [6, 6.07) is 4.37. The molecule has 106 valence electrons. The lowest BCUT2D eigenvalue weighted by molar-refractivity contribution is -0.146. The van der Waals surface area contributed by atoms with E-state index in [2.05, 4.69) is 5.32 Å². The Morgan fingerprint density at radius 1 is 1.47 bits per heavy atom. The molecule has 19 heavy (non-hydrogen) atoms. The zero-order valence-electron chi connectivity index (χ0n) is 11.5. The predicted molar refractivity (Wildman–Crippen MR) is 70.9 cm³/mol. The van der Waals surface area contributed by atoms with Gasteiger partial charge in [0.05, 0.1) is 12.5 Å². The van der Waals surface area contributed by atoms with Gasteiger partial charge in [-0.3, -0.25) is 4.79 Å². The third-order valence-electron chi connectivity index (χ3n) is 2.96. The highest BCUT2D eigenvalue weighted by Crippen LogP contribution is 2.19. The first-order valence-corrected chi connectivity index (χ1v) is 6.13. The third kappa shape index (κ3) is 4.52. The second kappa shape index (κ2) is 6.52. The van der Waals surface area contributed by atoms with Crippen molar-refractivity contribution in [1.82, 2.24) is 5.32 Å². The molecule has 0 amide bonds. The molecule has 0 fully saturated rings. The molecule has 4 nitrogen and oxygen atoms in total. The number of hydrogen-bond donors (Lipinski definition) is 2. The molecule has 0 unspecified atom stereocenters. The van der Waals surface area contributed by atoms with Gasteiger partial charge in [-0.1, -0.05) is 0 Å². The Kier molecular flexibility index (Phi) is 5.30. The van der Waals surface area contributed by atoms with E-state index in [4.69, 9.17) is 9.84 Å². The number of hydrogen-bond acceptors (Lipinski definition) is 3. The van der Waals surface area contributed by atoms with Crippen LogP contribution in [0, 0.1) is 11.2 Å². The molecule has 0 aliphatic rings. The highest BCUT2D eigenvalue weighted by atomic mass is 19.1. The second-order valence-corrected chi connectivity index (χ2v) is 5.07. The van der Waals surface area contributed by atoms with Crippen molar-refractivity contribution in [3.8, 4) is 5.75 Å². The molecular weight excluding hydrogens is 249 g/mol. The largest absolute Gasteiger partial charge is 0.496 e. The van der Waals surface area contributed by atoms with Crippen LogP contribution in [0.2, 0.25) is 0 Å². The van der Waals surface area contributed by atoms with Gasteiger partial charge in [-0.15, -0.1) is 0 Å². The Bertz CT molecular complexity index is 446. The lowest BCUT2D eigenvalue weighted by atomic mass is 9.94. The van der Waals surface area contributed by atoms with Crippen molar-refractivity contribution < 1.29 is 19.0 Å². The number of carboxylic acid groups (broad SMARTS) is 1. The molecule has 0 heterocycles. The van der Waals surface area contributed by atoms with E-state index in [0.29, 0.717) is 25.3 Å². The molecular formula is C14H20FNO3. The summed E-state index contributed by atoms with van der Waals surface area (Å²) in [6.07, 6.45) is 0.580. The Balaban J connectivity index is 2.50. The molecule has 1 rings (SSSR count). The number of methoxy groups -OCH3 is 1. The zero-order valence-corrected chi connectivity index (χ0v) is 11.5. The standard InChI is InChI=1S/C14H20FNO3/c1-14(2,13(17)18)9-16-7-6-10-8-11(15)4-5-12(10)19-3/h4-5,8,16H,6-7,9H2,1-3H3,(H,17,18). The van der Waals surface area contributed by atoms with Crippen LogP contribution in [0.4, 0.5) is 4.39 Å². The van der Waals surface area contributed by atoms with Crippen LogP contribution in [0.25, 0.3) is 0 Å². The lowest BCUT2D eigenvalue weighted by Gasteiger charge is -2.19. The van der Waals surface area contributed by atoms with Crippen LogP contribution < -0.4 is 10.1 Å². The van der Waals surface area contributed by atoms with Crippen LogP contribution in [0.5, 0.6) is 5.75 Å². The van der Waals surface area contributed by atoms with E-state index < -0.39 is 11.4 Å². The van der Waals surface area contributed by atoms with E-state index in [1.807, 2.05) is 0 Å². The van der Waals surface area contributed by atoms with Crippen LogP contribution in [0.3, 0.4) is 0 Å². The Morgan fingerprint density at radius 2 is 2.16 bits per heavy atom. The summed E-state index contributed by atoms with van der Waals surface area (Å²) >= 11 is 0. The van der Waals surface area contributed by atoms with Gasteiger partial charge in [0.15, 0.2) is 0 Å². The molecule has 2 N–H and O–H groups in total. The van der Waals surface area contributed by atoms with Crippen molar-refractivity contribution in [1.29, 1.82) is 0 Å². The van der Waals surface area contributed by atoms with Gasteiger partial charge in [0.1, 0.15) is 11.6 Å². The van der Waals surface area contributed by atoms with E-state index in [1.165, 1.54) is 19.2 Å². The fourth-order valence-corrected chi connectivity index (χ4v) is 1.64. The molecule has 1 aromatic carbocycles. The normalized spacial score (nSPS) is 11.4. The predicted octanol–water partition coefficient (Wildman–Crippen LogP) is 2.08. The maximum atomic E-state index is 13.1. The van der Waals surface area contributed by atoms with Gasteiger partial charge in [-0.2, -0.15) is 0 Å². The number of rotatable bonds is 7. The topological polar surface area (TPSA) is 58.6 Å². The summed E-state index contributed by atoms with van der Waals surface area (Å²) in [4.78, 5) is 10.9. The van der Waals surface area contributed by atoms with Gasteiger partial charge in [-0.05, 0) is 50.6 Å². The quantitative estimate of drug-likeness (QED) is 0.744. The Hall–Kier alpha value is -1.62. The van der Waals surface area contributed by atoms with Gasteiger partial charge in [0.2, 0.25) is 0 Å². The number of aliphatic carboxylic acids is 1. The maximum Gasteiger partial charge on any atom is 0.310 e. The average Bonchev–Trinajstić information content (AvgIpc) is 2.34. The molecule has 0 saturated carbocycles. The highest BCUT2D eigenvalue weighted by molar-refractivity contribution is 5.73. The zero-order chi connectivity index (χ0) is 14.5. The summed E-state index contributed by atoms with van der Waals surface area (Å²) in [5.41, 5.74) is -0.0467. The average molecular weight is 269 g/mol. The molecule has 5 heteroatoms. The van der Waals surface area contributed by atoms with Crippen LogP contribution in [0.1, 0.15) is 19.4 Å². The molecule has 0 saturated heterocycles. The SMILES string of the molecule is COc1ccc(F)cc1CCNCC(C)(C)C(=O)O. The molecule has 0 atom stereocenters. The lowest BCUT2D eigenvalue weighted by Crippen LogP contribution is -2.36. The van der Waals surface area contributed by atoms with Gasteiger partial charge < -0.3 is 15.2 Å². The van der Waals surface area contributed by atoms with Crippen molar-refractivity contribution in [2.45, 2.75) is 20.3 Å². The van der Waals surface area contributed by atoms with E-state index in [1.54, 1.807) is 19.9 Å². The highest BCUT2D eigenvalue weighted by Gasteiger charge is 2.26. The molecule has 0 bridgehead atoms. The third-order valence-corrected chi connectivity index (χ3v) is 2.96. The first-order valence-electron chi connectivity index (χ1n) is 6.13. The Labute approximate surface area is 112 Å². The van der Waals surface area contributed by atoms with Crippen LogP contribution in [0.15, 0.2) is 18.2 Å². The van der Waals surface area contributed by atoms with E-state index in [-0.39, 0.29) is 5.82 Å². The monoisotopic (exact) mass is 269 g/mol. The maximum absolute atomic E-state index is 13.1. The van der Waals surface area contributed by atoms with Gasteiger partial charge in [-0.25, -0.2) is 4.39 Å². The van der Waals surface area contributed by atoms with E-state index >= 15 is 0 Å². The van der Waals surface area contributed by atoms with Crippen LogP contribution in [-0.2, 0) is 11.2 Å². The minimum Gasteiger partial charge on any atom is -0.496 e. The molecule has 0 aliphatic heterocycles. The smallest absolute Gasteiger partial charge is 0.310 e. The van der Waals surface area contributed by atoms with Crippen molar-refractivity contribution in [2.24, 2.45) is 5.41 Å². The molecule has 0 radical (unpaired) electrons. The summed E-state index contributed by atoms with van der Waals surface area (Å²) in [7, 11) is 1.54. The van der Waals surface area contributed by atoms with Crippen molar-refractivity contribution in [3.63, 3.8) is 0 Å². The van der Waals surface area contributed by atoms with Gasteiger partial charge in [0, 0.05) is 6.54 Å². The molecule has 0 aromatic heterocycles. The minimum absolute atomic E-state index is 0.304.